The lowest BCUT2D eigenvalue weighted by molar-refractivity contribution is 0.00275. The smallest absolute Gasteiger partial charge is 0.336 e. The SMILES string of the molecule is Cl.O=C(O)c1c(C2CCCCC2N2CCOCC2)ccc2ccccc12. The van der Waals surface area contributed by atoms with Crippen molar-refractivity contribution in [3.8, 4) is 0 Å². The van der Waals surface area contributed by atoms with Crippen LogP contribution in [-0.2, 0) is 4.74 Å². The molecule has 2 aromatic carbocycles. The normalized spacial score (nSPS) is 24.2. The van der Waals surface area contributed by atoms with Gasteiger partial charge in [0.05, 0.1) is 18.8 Å². The minimum absolute atomic E-state index is 0. The van der Waals surface area contributed by atoms with E-state index in [1.54, 1.807) is 0 Å². The molecular weight excluding hydrogens is 350 g/mol. The molecule has 1 N–H and O–H groups in total. The van der Waals surface area contributed by atoms with Crippen LogP contribution in [0, 0.1) is 0 Å². The lowest BCUT2D eigenvalue weighted by Crippen LogP contribution is -2.47. The van der Waals surface area contributed by atoms with Gasteiger partial charge in [0.1, 0.15) is 0 Å². The van der Waals surface area contributed by atoms with Crippen LogP contribution < -0.4 is 0 Å². The number of halogens is 1. The van der Waals surface area contributed by atoms with Crippen LogP contribution in [0.2, 0.25) is 0 Å². The van der Waals surface area contributed by atoms with Gasteiger partial charge in [0.25, 0.3) is 0 Å². The monoisotopic (exact) mass is 375 g/mol. The zero-order valence-corrected chi connectivity index (χ0v) is 15.7. The van der Waals surface area contributed by atoms with E-state index in [1.165, 1.54) is 12.8 Å². The fourth-order valence-corrected chi connectivity index (χ4v) is 4.66. The van der Waals surface area contributed by atoms with Crippen LogP contribution in [0.25, 0.3) is 10.8 Å². The molecule has 4 rings (SSSR count). The molecule has 0 bridgehead atoms. The Kier molecular flexibility index (Phi) is 6.17. The Labute approximate surface area is 160 Å². The highest BCUT2D eigenvalue weighted by Crippen LogP contribution is 2.39. The second-order valence-corrected chi connectivity index (χ2v) is 7.16. The van der Waals surface area contributed by atoms with Gasteiger partial charge in [-0.15, -0.1) is 12.4 Å². The topological polar surface area (TPSA) is 49.8 Å². The highest BCUT2D eigenvalue weighted by atomic mass is 35.5. The van der Waals surface area contributed by atoms with Crippen molar-refractivity contribution in [2.24, 2.45) is 0 Å². The van der Waals surface area contributed by atoms with Gasteiger partial charge in [-0.1, -0.05) is 49.2 Å². The van der Waals surface area contributed by atoms with Crippen molar-refractivity contribution < 1.29 is 14.6 Å². The van der Waals surface area contributed by atoms with Gasteiger partial charge in [-0.25, -0.2) is 4.79 Å². The Bertz CT molecular complexity index is 773. The van der Waals surface area contributed by atoms with E-state index >= 15 is 0 Å². The number of nitrogens with zero attached hydrogens (tertiary/aromatic N) is 1. The number of fused-ring (bicyclic) bond motifs is 1. The number of benzene rings is 2. The van der Waals surface area contributed by atoms with E-state index < -0.39 is 5.97 Å². The Morgan fingerprint density at radius 3 is 2.54 bits per heavy atom. The Morgan fingerprint density at radius 2 is 1.77 bits per heavy atom. The van der Waals surface area contributed by atoms with E-state index in [0.29, 0.717) is 17.5 Å². The van der Waals surface area contributed by atoms with Gasteiger partial charge >= 0.3 is 5.97 Å². The first-order chi connectivity index (χ1) is 12.3. The summed E-state index contributed by atoms with van der Waals surface area (Å²) >= 11 is 0. The third-order valence-electron chi connectivity index (χ3n) is 5.82. The maximum absolute atomic E-state index is 12.1. The van der Waals surface area contributed by atoms with E-state index in [2.05, 4.69) is 17.0 Å². The Morgan fingerprint density at radius 1 is 1.04 bits per heavy atom. The van der Waals surface area contributed by atoms with Gasteiger partial charge in [-0.2, -0.15) is 0 Å². The number of ether oxygens (including phenoxy) is 1. The maximum Gasteiger partial charge on any atom is 0.336 e. The average molecular weight is 376 g/mol. The van der Waals surface area contributed by atoms with Crippen molar-refractivity contribution in [3.63, 3.8) is 0 Å². The molecule has 1 aliphatic carbocycles. The highest BCUT2D eigenvalue weighted by molar-refractivity contribution is 6.05. The van der Waals surface area contributed by atoms with Crippen LogP contribution in [0.3, 0.4) is 0 Å². The zero-order valence-electron chi connectivity index (χ0n) is 14.9. The Hall–Kier alpha value is -1.62. The molecule has 2 aromatic rings. The number of hydrogen-bond donors (Lipinski definition) is 1. The lowest BCUT2D eigenvalue weighted by atomic mass is 9.76. The summed E-state index contributed by atoms with van der Waals surface area (Å²) in [5.74, 6) is -0.513. The van der Waals surface area contributed by atoms with Gasteiger partial charge in [0.2, 0.25) is 0 Å². The molecule has 1 saturated carbocycles. The van der Waals surface area contributed by atoms with E-state index in [1.807, 2.05) is 24.3 Å². The largest absolute Gasteiger partial charge is 0.478 e. The van der Waals surface area contributed by atoms with Crippen molar-refractivity contribution in [3.05, 3.63) is 47.5 Å². The van der Waals surface area contributed by atoms with Crippen LogP contribution in [0.5, 0.6) is 0 Å². The summed E-state index contributed by atoms with van der Waals surface area (Å²) in [6, 6.07) is 12.4. The fourth-order valence-electron chi connectivity index (χ4n) is 4.66. The number of carbonyl (C=O) groups is 1. The van der Waals surface area contributed by atoms with Crippen LogP contribution >= 0.6 is 12.4 Å². The first-order valence-corrected chi connectivity index (χ1v) is 9.32. The van der Waals surface area contributed by atoms with E-state index in [-0.39, 0.29) is 12.4 Å². The van der Waals surface area contributed by atoms with Gasteiger partial charge in [-0.05, 0) is 29.2 Å². The van der Waals surface area contributed by atoms with Crippen LogP contribution in [0.15, 0.2) is 36.4 Å². The highest BCUT2D eigenvalue weighted by Gasteiger charge is 2.34. The average Bonchev–Trinajstić information content (AvgIpc) is 2.67. The molecule has 0 aromatic heterocycles. The molecule has 140 valence electrons. The summed E-state index contributed by atoms with van der Waals surface area (Å²) in [7, 11) is 0. The second-order valence-electron chi connectivity index (χ2n) is 7.16. The van der Waals surface area contributed by atoms with Crippen molar-refractivity contribution in [1.29, 1.82) is 0 Å². The predicted octanol–water partition coefficient (Wildman–Crippen LogP) is 4.32. The van der Waals surface area contributed by atoms with E-state index in [0.717, 1.165) is 55.5 Å². The number of carboxylic acids is 1. The van der Waals surface area contributed by atoms with Crippen LogP contribution in [-0.4, -0.2) is 48.3 Å². The van der Waals surface area contributed by atoms with Crippen LogP contribution in [0.4, 0.5) is 0 Å². The van der Waals surface area contributed by atoms with Gasteiger partial charge in [0.15, 0.2) is 0 Å². The molecule has 5 heteroatoms. The van der Waals surface area contributed by atoms with Crippen molar-refractivity contribution in [1.82, 2.24) is 4.90 Å². The third-order valence-corrected chi connectivity index (χ3v) is 5.82. The number of hydrogen-bond acceptors (Lipinski definition) is 3. The van der Waals surface area contributed by atoms with Crippen molar-refractivity contribution >= 4 is 29.1 Å². The van der Waals surface area contributed by atoms with Gasteiger partial charge in [-0.3, -0.25) is 4.90 Å². The third kappa shape index (κ3) is 3.59. The molecule has 2 atom stereocenters. The molecule has 0 amide bonds. The van der Waals surface area contributed by atoms with Crippen LogP contribution in [0.1, 0.15) is 47.5 Å². The molecule has 1 aliphatic heterocycles. The van der Waals surface area contributed by atoms with Crippen molar-refractivity contribution in [2.75, 3.05) is 26.3 Å². The summed E-state index contributed by atoms with van der Waals surface area (Å²) in [6.07, 6.45) is 4.63. The number of rotatable bonds is 3. The standard InChI is InChI=1S/C21H25NO3.ClH/c23-21(24)20-16-6-2-1-5-15(16)9-10-18(20)17-7-3-4-8-19(17)22-11-13-25-14-12-22;/h1-2,5-6,9-10,17,19H,3-4,7-8,11-14H2,(H,23,24);1H. The van der Waals surface area contributed by atoms with Gasteiger partial charge in [0, 0.05) is 25.0 Å². The summed E-state index contributed by atoms with van der Waals surface area (Å²) in [6.45, 7) is 3.48. The molecular formula is C21H26ClNO3. The molecule has 2 aliphatic rings. The molecule has 26 heavy (non-hydrogen) atoms. The maximum atomic E-state index is 12.1. The summed E-state index contributed by atoms with van der Waals surface area (Å²) in [4.78, 5) is 14.6. The zero-order chi connectivity index (χ0) is 17.2. The molecule has 0 spiro atoms. The molecule has 4 nitrogen and oxygen atoms in total. The quantitative estimate of drug-likeness (QED) is 0.868. The first kappa shape index (κ1) is 19.2. The Balaban J connectivity index is 0.00000196. The number of morpholine rings is 1. The number of carboxylic acid groups (broad SMARTS) is 1. The molecule has 0 radical (unpaired) electrons. The second kappa shape index (κ2) is 8.38. The van der Waals surface area contributed by atoms with Crippen molar-refractivity contribution in [2.45, 2.75) is 37.6 Å². The predicted molar refractivity (Wildman–Crippen MR) is 106 cm³/mol. The lowest BCUT2D eigenvalue weighted by Gasteiger charge is -2.42. The minimum atomic E-state index is -0.807. The molecule has 1 saturated heterocycles. The van der Waals surface area contributed by atoms with E-state index in [9.17, 15) is 9.90 Å². The summed E-state index contributed by atoms with van der Waals surface area (Å²) < 4.78 is 5.52. The van der Waals surface area contributed by atoms with E-state index in [4.69, 9.17) is 4.74 Å². The summed E-state index contributed by atoms with van der Waals surface area (Å²) in [5.41, 5.74) is 1.52. The molecule has 2 fully saturated rings. The molecule has 2 unspecified atom stereocenters. The molecule has 1 heterocycles. The summed E-state index contributed by atoms with van der Waals surface area (Å²) in [5, 5.41) is 11.8. The minimum Gasteiger partial charge on any atom is -0.478 e. The first-order valence-electron chi connectivity index (χ1n) is 9.32. The number of aromatic carboxylic acids is 1. The van der Waals surface area contributed by atoms with Gasteiger partial charge < -0.3 is 9.84 Å². The fraction of sp³-hybridized carbons (Fsp3) is 0.476.